The van der Waals surface area contributed by atoms with Crippen LogP contribution in [-0.2, 0) is 29.0 Å². The van der Waals surface area contributed by atoms with E-state index in [1.165, 1.54) is 0 Å². The van der Waals surface area contributed by atoms with Gasteiger partial charge in [0.25, 0.3) is 0 Å². The van der Waals surface area contributed by atoms with Crippen molar-refractivity contribution < 1.29 is 29.0 Å². The zero-order valence-electron chi connectivity index (χ0n) is 4.72. The van der Waals surface area contributed by atoms with Crippen LogP contribution in [0.3, 0.4) is 0 Å². The van der Waals surface area contributed by atoms with E-state index in [1.54, 1.807) is 0 Å². The topological polar surface area (TPSA) is 26.3 Å². The standard InChI is InChI=1S/C5H7O2.Zn/c1-3-5(6)7-4-2;/h3H,1-2,4H2;/q-1;. The fourth-order valence-corrected chi connectivity index (χ4v) is 0.160. The van der Waals surface area contributed by atoms with Crippen LogP contribution in [0.4, 0.5) is 0 Å². The van der Waals surface area contributed by atoms with Crippen molar-refractivity contribution in [2.45, 2.75) is 0 Å². The molecule has 8 heavy (non-hydrogen) atoms. The Bertz CT molecular complexity index is 80.5. The van der Waals surface area contributed by atoms with E-state index in [0.29, 0.717) is 0 Å². The van der Waals surface area contributed by atoms with Gasteiger partial charge in [-0.05, 0) is 6.61 Å². The monoisotopic (exact) mass is 163 g/mol. The Labute approximate surface area is 61.7 Å². The van der Waals surface area contributed by atoms with Crippen molar-refractivity contribution in [1.82, 2.24) is 0 Å². The number of esters is 1. The molecule has 0 fully saturated rings. The second kappa shape index (κ2) is 6.83. The summed E-state index contributed by atoms with van der Waals surface area (Å²) in [6.07, 6.45) is 1.10. The molecule has 0 heterocycles. The first kappa shape index (κ1) is 10.7. The van der Waals surface area contributed by atoms with Crippen molar-refractivity contribution in [2.75, 3.05) is 6.61 Å². The van der Waals surface area contributed by atoms with E-state index >= 15 is 0 Å². The largest absolute Gasteiger partial charge is 0.496 e. The molecule has 2 nitrogen and oxygen atoms in total. The smallest absolute Gasteiger partial charge is 0.327 e. The van der Waals surface area contributed by atoms with Crippen molar-refractivity contribution >= 4 is 5.97 Å². The fraction of sp³-hybridized carbons (Fsp3) is 0.200. The van der Waals surface area contributed by atoms with Crippen LogP contribution in [0.25, 0.3) is 0 Å². The Morgan fingerprint density at radius 1 is 1.88 bits per heavy atom. The molecule has 42 valence electrons. The van der Waals surface area contributed by atoms with Gasteiger partial charge in [-0.2, -0.15) is 0 Å². The van der Waals surface area contributed by atoms with E-state index in [9.17, 15) is 4.79 Å². The molecule has 0 atom stereocenters. The number of ether oxygens (including phenoxy) is 1. The molecule has 0 aromatic heterocycles. The molecule has 0 unspecified atom stereocenters. The second-order valence-electron chi connectivity index (χ2n) is 0.872. The molecule has 0 spiro atoms. The Hall–Kier alpha value is -0.167. The maximum atomic E-state index is 10.0. The average Bonchev–Trinajstić information content (AvgIpc) is 1.68. The fourth-order valence-electron chi connectivity index (χ4n) is 0.160. The van der Waals surface area contributed by atoms with Crippen LogP contribution in [-0.4, -0.2) is 12.6 Å². The zero-order chi connectivity index (χ0) is 5.70. The minimum Gasteiger partial charge on any atom is -0.496 e. The summed E-state index contributed by atoms with van der Waals surface area (Å²) in [6, 6.07) is 0. The molecular weight excluding hydrogens is 157 g/mol. The molecule has 3 heteroatoms. The zero-order valence-corrected chi connectivity index (χ0v) is 7.69. The predicted molar refractivity (Wildman–Crippen MR) is 26.5 cm³/mol. The number of carbonyl (C=O) groups is 1. The van der Waals surface area contributed by atoms with Crippen LogP contribution in [0.5, 0.6) is 0 Å². The van der Waals surface area contributed by atoms with Crippen LogP contribution in [0.15, 0.2) is 12.7 Å². The molecule has 0 radical (unpaired) electrons. The molecule has 0 saturated carbocycles. The van der Waals surface area contributed by atoms with Gasteiger partial charge in [0.1, 0.15) is 0 Å². The maximum Gasteiger partial charge on any atom is 0.327 e. The van der Waals surface area contributed by atoms with Gasteiger partial charge in [0.15, 0.2) is 0 Å². The summed E-state index contributed by atoms with van der Waals surface area (Å²) in [5.41, 5.74) is 0. The first-order chi connectivity index (χ1) is 3.31. The Morgan fingerprint density at radius 2 is 2.38 bits per heavy atom. The summed E-state index contributed by atoms with van der Waals surface area (Å²) in [6.45, 7) is 6.63. The number of rotatable bonds is 2. The van der Waals surface area contributed by atoms with Gasteiger partial charge in [-0.3, -0.25) is 0 Å². The van der Waals surface area contributed by atoms with Crippen LogP contribution in [0, 0.1) is 6.92 Å². The Morgan fingerprint density at radius 3 is 2.50 bits per heavy atom. The van der Waals surface area contributed by atoms with Crippen molar-refractivity contribution in [3.8, 4) is 0 Å². The molecule has 0 aliphatic carbocycles. The van der Waals surface area contributed by atoms with Crippen molar-refractivity contribution in [3.63, 3.8) is 0 Å². The third kappa shape index (κ3) is 5.83. The number of hydrogen-bond donors (Lipinski definition) is 0. The van der Waals surface area contributed by atoms with Gasteiger partial charge in [-0.15, -0.1) is 0 Å². The first-order valence-corrected chi connectivity index (χ1v) is 1.89. The molecule has 0 saturated heterocycles. The normalized spacial score (nSPS) is 6.62. The molecule has 0 bridgehead atoms. The van der Waals surface area contributed by atoms with E-state index < -0.39 is 5.97 Å². The van der Waals surface area contributed by atoms with Gasteiger partial charge < -0.3 is 11.7 Å². The quantitative estimate of drug-likeness (QED) is 0.258. The molecule has 0 aliphatic heterocycles. The van der Waals surface area contributed by atoms with E-state index in [1.807, 2.05) is 0 Å². The minimum absolute atomic E-state index is 0. The van der Waals surface area contributed by atoms with Crippen molar-refractivity contribution in [3.05, 3.63) is 19.6 Å². The number of hydrogen-bond acceptors (Lipinski definition) is 2. The summed E-state index contributed by atoms with van der Waals surface area (Å²) >= 11 is 0. The van der Waals surface area contributed by atoms with Crippen molar-refractivity contribution in [1.29, 1.82) is 0 Å². The Kier molecular flexibility index (Phi) is 9.18. The van der Waals surface area contributed by atoms with E-state index in [4.69, 9.17) is 0 Å². The van der Waals surface area contributed by atoms with Gasteiger partial charge in [-0.1, -0.05) is 6.58 Å². The molecule has 0 aromatic carbocycles. The summed E-state index contributed by atoms with van der Waals surface area (Å²) in [5.74, 6) is -0.421. The third-order valence-corrected chi connectivity index (χ3v) is 0.411. The Balaban J connectivity index is 0. The summed E-state index contributed by atoms with van der Waals surface area (Å²) in [7, 11) is 0. The predicted octanol–water partition coefficient (Wildman–Crippen LogP) is 0.547. The van der Waals surface area contributed by atoms with E-state index in [0.717, 1.165) is 6.08 Å². The van der Waals surface area contributed by atoms with Gasteiger partial charge >= 0.3 is 5.97 Å². The second-order valence-corrected chi connectivity index (χ2v) is 0.872. The molecule has 0 aromatic rings. The van der Waals surface area contributed by atoms with E-state index in [-0.39, 0.29) is 26.1 Å². The summed E-state index contributed by atoms with van der Waals surface area (Å²) in [4.78, 5) is 10.0. The van der Waals surface area contributed by atoms with Gasteiger partial charge in [0, 0.05) is 25.6 Å². The van der Waals surface area contributed by atoms with Crippen LogP contribution < -0.4 is 0 Å². The van der Waals surface area contributed by atoms with Crippen LogP contribution in [0.2, 0.25) is 0 Å². The van der Waals surface area contributed by atoms with E-state index in [2.05, 4.69) is 18.2 Å². The SMILES string of the molecule is C=CC(=O)OC[CH2-].[Zn]. The molecule has 0 amide bonds. The van der Waals surface area contributed by atoms with Gasteiger partial charge in [-0.25, -0.2) is 4.79 Å². The van der Waals surface area contributed by atoms with Crippen molar-refractivity contribution in [2.24, 2.45) is 0 Å². The molecular formula is C5H7O2Zn-. The van der Waals surface area contributed by atoms with Gasteiger partial charge in [0.05, 0.1) is 0 Å². The summed E-state index contributed by atoms with van der Waals surface area (Å²) in [5, 5.41) is 0. The molecule has 0 aliphatic rings. The molecule has 0 rings (SSSR count). The maximum absolute atomic E-state index is 10.0. The average molecular weight is 164 g/mol. The minimum atomic E-state index is -0.421. The summed E-state index contributed by atoms with van der Waals surface area (Å²) < 4.78 is 4.32. The van der Waals surface area contributed by atoms with Crippen LogP contribution >= 0.6 is 0 Å². The third-order valence-electron chi connectivity index (χ3n) is 0.411. The van der Waals surface area contributed by atoms with Crippen LogP contribution in [0.1, 0.15) is 0 Å². The number of carbonyl (C=O) groups excluding carboxylic acids is 1. The molecule has 0 N–H and O–H groups in total. The van der Waals surface area contributed by atoms with Gasteiger partial charge in [0.2, 0.25) is 0 Å². The first-order valence-electron chi connectivity index (χ1n) is 1.89.